The Balaban J connectivity index is 1.44. The zero-order valence-electron chi connectivity index (χ0n) is 16.1. The lowest BCUT2D eigenvalue weighted by Crippen LogP contribution is -2.27. The van der Waals surface area contributed by atoms with Gasteiger partial charge >= 0.3 is 6.03 Å². The van der Waals surface area contributed by atoms with Gasteiger partial charge in [-0.25, -0.2) is 4.79 Å². The van der Waals surface area contributed by atoms with Crippen molar-refractivity contribution < 1.29 is 14.3 Å². The molecule has 0 unspecified atom stereocenters. The Bertz CT molecular complexity index is 771. The van der Waals surface area contributed by atoms with Crippen LogP contribution in [0.25, 0.3) is 0 Å². The van der Waals surface area contributed by atoms with Crippen LogP contribution >= 0.6 is 0 Å². The number of anilines is 2. The third-order valence-electron chi connectivity index (χ3n) is 4.80. The number of hydrogen-bond donors (Lipinski definition) is 3. The van der Waals surface area contributed by atoms with E-state index in [9.17, 15) is 9.59 Å². The Labute approximate surface area is 165 Å². The van der Waals surface area contributed by atoms with Crippen molar-refractivity contribution in [3.8, 4) is 0 Å². The summed E-state index contributed by atoms with van der Waals surface area (Å²) in [5.41, 5.74) is 2.41. The van der Waals surface area contributed by atoms with E-state index in [0.717, 1.165) is 37.1 Å². The third-order valence-corrected chi connectivity index (χ3v) is 4.80. The molecule has 3 N–H and O–H groups in total. The topological polar surface area (TPSA) is 79.5 Å². The number of ether oxygens (including phenoxy) is 1. The summed E-state index contributed by atoms with van der Waals surface area (Å²) in [6, 6.07) is 16.3. The van der Waals surface area contributed by atoms with Crippen molar-refractivity contribution in [2.45, 2.75) is 44.8 Å². The Morgan fingerprint density at radius 2 is 1.71 bits per heavy atom. The minimum atomic E-state index is -0.297. The second-order valence-corrected chi connectivity index (χ2v) is 7.03. The van der Waals surface area contributed by atoms with E-state index in [4.69, 9.17) is 4.74 Å². The van der Waals surface area contributed by atoms with Crippen LogP contribution in [-0.4, -0.2) is 24.6 Å². The second-order valence-electron chi connectivity index (χ2n) is 7.03. The largest absolute Gasteiger partial charge is 0.378 e. The molecule has 1 fully saturated rings. The molecule has 0 spiro atoms. The molecule has 148 valence electrons. The lowest BCUT2D eigenvalue weighted by atomic mass is 10.1. The Hall–Kier alpha value is -2.86. The van der Waals surface area contributed by atoms with Gasteiger partial charge in [0, 0.05) is 24.4 Å². The predicted octanol–water partition coefficient (Wildman–Crippen LogP) is 4.47. The lowest BCUT2D eigenvalue weighted by Gasteiger charge is -2.16. The normalized spacial score (nSPS) is 17.0. The number of benzene rings is 2. The minimum Gasteiger partial charge on any atom is -0.378 e. The molecule has 0 bridgehead atoms. The summed E-state index contributed by atoms with van der Waals surface area (Å²) in [7, 11) is 0. The molecule has 3 amide bonds. The van der Waals surface area contributed by atoms with Crippen molar-refractivity contribution in [3.05, 3.63) is 60.2 Å². The number of para-hydroxylation sites is 1. The standard InChI is InChI=1S/C22H27N3O3/c1-16(23-21(26)14-13-20-8-5-15-28-20)17-9-11-19(12-10-17)25-22(27)24-18-6-3-2-4-7-18/h2-4,6-7,9-12,16,20H,5,8,13-15H2,1H3,(H,23,26)(H2,24,25,27)/t16-,20+/m0/s1. The predicted molar refractivity (Wildman–Crippen MR) is 110 cm³/mol. The maximum Gasteiger partial charge on any atom is 0.323 e. The maximum atomic E-state index is 12.1. The number of hydrogen-bond acceptors (Lipinski definition) is 3. The highest BCUT2D eigenvalue weighted by Gasteiger charge is 2.17. The van der Waals surface area contributed by atoms with Gasteiger partial charge in [0.05, 0.1) is 12.1 Å². The van der Waals surface area contributed by atoms with Crippen molar-refractivity contribution in [3.63, 3.8) is 0 Å². The molecule has 1 saturated heterocycles. The molecule has 6 heteroatoms. The molecule has 1 aliphatic rings. The van der Waals surface area contributed by atoms with Crippen LogP contribution in [0.3, 0.4) is 0 Å². The van der Waals surface area contributed by atoms with Crippen LogP contribution in [-0.2, 0) is 9.53 Å². The number of urea groups is 1. The molecular weight excluding hydrogens is 354 g/mol. The highest BCUT2D eigenvalue weighted by Crippen LogP contribution is 2.19. The minimum absolute atomic E-state index is 0.0347. The van der Waals surface area contributed by atoms with Crippen LogP contribution in [0.2, 0.25) is 0 Å². The molecule has 28 heavy (non-hydrogen) atoms. The number of amides is 3. The number of carbonyl (C=O) groups is 2. The first-order valence-corrected chi connectivity index (χ1v) is 9.74. The first kappa shape index (κ1) is 19.9. The van der Waals surface area contributed by atoms with Gasteiger partial charge in [0.15, 0.2) is 0 Å². The van der Waals surface area contributed by atoms with Gasteiger partial charge in [-0.05, 0) is 56.0 Å². The first-order valence-electron chi connectivity index (χ1n) is 9.74. The molecule has 0 aromatic heterocycles. The summed E-state index contributed by atoms with van der Waals surface area (Å²) in [5, 5.41) is 8.59. The second kappa shape index (κ2) is 9.90. The molecule has 2 aromatic rings. The SMILES string of the molecule is C[C@H](NC(=O)CC[C@H]1CCCO1)c1ccc(NC(=O)Nc2ccccc2)cc1. The van der Waals surface area contributed by atoms with Crippen LogP contribution in [0.5, 0.6) is 0 Å². The fourth-order valence-electron chi connectivity index (χ4n) is 3.23. The van der Waals surface area contributed by atoms with Crippen molar-refractivity contribution >= 4 is 23.3 Å². The molecule has 3 rings (SSSR count). The van der Waals surface area contributed by atoms with Crippen LogP contribution in [0, 0.1) is 0 Å². The molecule has 0 radical (unpaired) electrons. The molecule has 2 aromatic carbocycles. The Morgan fingerprint density at radius 1 is 1.04 bits per heavy atom. The quantitative estimate of drug-likeness (QED) is 0.662. The summed E-state index contributed by atoms with van der Waals surface area (Å²) >= 11 is 0. The van der Waals surface area contributed by atoms with Gasteiger partial charge in [-0.2, -0.15) is 0 Å². The van der Waals surface area contributed by atoms with Crippen LogP contribution in [0.1, 0.15) is 44.2 Å². The zero-order valence-corrected chi connectivity index (χ0v) is 16.1. The average Bonchev–Trinajstić information content (AvgIpc) is 3.21. The van der Waals surface area contributed by atoms with Crippen molar-refractivity contribution in [1.29, 1.82) is 0 Å². The molecule has 2 atom stereocenters. The smallest absolute Gasteiger partial charge is 0.323 e. The maximum absolute atomic E-state index is 12.1. The Kier molecular flexibility index (Phi) is 7.03. The van der Waals surface area contributed by atoms with E-state index in [1.165, 1.54) is 0 Å². The zero-order chi connectivity index (χ0) is 19.8. The molecule has 1 heterocycles. The van der Waals surface area contributed by atoms with E-state index in [-0.39, 0.29) is 24.1 Å². The number of nitrogens with one attached hydrogen (secondary N) is 3. The summed E-state index contributed by atoms with van der Waals surface area (Å²) in [4.78, 5) is 24.2. The van der Waals surface area contributed by atoms with Gasteiger partial charge in [0.25, 0.3) is 0 Å². The molecule has 0 aliphatic carbocycles. The van der Waals surface area contributed by atoms with Gasteiger partial charge in [0.1, 0.15) is 0 Å². The summed E-state index contributed by atoms with van der Waals surface area (Å²) < 4.78 is 5.56. The monoisotopic (exact) mass is 381 g/mol. The lowest BCUT2D eigenvalue weighted by molar-refractivity contribution is -0.122. The molecule has 6 nitrogen and oxygen atoms in total. The van der Waals surface area contributed by atoms with Crippen molar-refractivity contribution in [2.75, 3.05) is 17.2 Å². The molecule has 0 saturated carbocycles. The Morgan fingerprint density at radius 3 is 2.36 bits per heavy atom. The van der Waals surface area contributed by atoms with E-state index in [1.54, 1.807) is 0 Å². The highest BCUT2D eigenvalue weighted by molar-refractivity contribution is 5.99. The first-order chi connectivity index (χ1) is 13.6. The van der Waals surface area contributed by atoms with Gasteiger partial charge < -0.3 is 20.7 Å². The van der Waals surface area contributed by atoms with E-state index in [0.29, 0.717) is 12.1 Å². The van der Waals surface area contributed by atoms with Gasteiger partial charge in [-0.1, -0.05) is 30.3 Å². The van der Waals surface area contributed by atoms with Crippen molar-refractivity contribution in [2.24, 2.45) is 0 Å². The van der Waals surface area contributed by atoms with E-state index >= 15 is 0 Å². The fraction of sp³-hybridized carbons (Fsp3) is 0.364. The summed E-state index contributed by atoms with van der Waals surface area (Å²) in [6.45, 7) is 2.76. The molecular formula is C22H27N3O3. The molecule has 1 aliphatic heterocycles. The van der Waals surface area contributed by atoms with Crippen LogP contribution in [0.4, 0.5) is 16.2 Å². The fourth-order valence-corrected chi connectivity index (χ4v) is 3.23. The summed E-state index contributed by atoms with van der Waals surface area (Å²) in [5.74, 6) is 0.0347. The van der Waals surface area contributed by atoms with Crippen LogP contribution < -0.4 is 16.0 Å². The average molecular weight is 381 g/mol. The van der Waals surface area contributed by atoms with Crippen LogP contribution in [0.15, 0.2) is 54.6 Å². The van der Waals surface area contributed by atoms with Gasteiger partial charge in [-0.3, -0.25) is 4.79 Å². The van der Waals surface area contributed by atoms with Gasteiger partial charge in [-0.15, -0.1) is 0 Å². The van der Waals surface area contributed by atoms with Crippen molar-refractivity contribution in [1.82, 2.24) is 5.32 Å². The summed E-state index contributed by atoms with van der Waals surface area (Å²) in [6.07, 6.45) is 3.63. The van der Waals surface area contributed by atoms with E-state index in [1.807, 2.05) is 61.5 Å². The highest BCUT2D eigenvalue weighted by atomic mass is 16.5. The van der Waals surface area contributed by atoms with Gasteiger partial charge in [0.2, 0.25) is 5.91 Å². The van der Waals surface area contributed by atoms with E-state index in [2.05, 4.69) is 16.0 Å². The van der Waals surface area contributed by atoms with E-state index < -0.39 is 0 Å². The number of rotatable bonds is 7. The third kappa shape index (κ3) is 6.09. The number of carbonyl (C=O) groups excluding carboxylic acids is 2.